The van der Waals surface area contributed by atoms with Gasteiger partial charge in [-0.15, -0.1) is 0 Å². The average molecular weight is 270 g/mol. The molecule has 0 bridgehead atoms. The summed E-state index contributed by atoms with van der Waals surface area (Å²) in [5, 5.41) is 0.684. The van der Waals surface area contributed by atoms with E-state index in [4.69, 9.17) is 16.3 Å². The van der Waals surface area contributed by atoms with Gasteiger partial charge in [0.1, 0.15) is 6.10 Å². The van der Waals surface area contributed by atoms with Crippen molar-refractivity contribution in [2.24, 2.45) is 0 Å². The molecule has 1 aromatic rings. The van der Waals surface area contributed by atoms with Crippen molar-refractivity contribution in [3.63, 3.8) is 0 Å². The highest BCUT2D eigenvalue weighted by atomic mass is 35.5. The SMILES string of the molecule is COC(C)C(=O)N(Cc1cccc(Cl)c1)C(C)C. The maximum Gasteiger partial charge on any atom is 0.251 e. The van der Waals surface area contributed by atoms with Crippen LogP contribution in [0.25, 0.3) is 0 Å². The second kappa shape index (κ2) is 6.76. The van der Waals surface area contributed by atoms with Crippen LogP contribution in [0.2, 0.25) is 5.02 Å². The second-order valence-electron chi connectivity index (χ2n) is 4.57. The van der Waals surface area contributed by atoms with Crippen molar-refractivity contribution in [1.82, 2.24) is 4.90 Å². The molecule has 100 valence electrons. The molecule has 0 aliphatic rings. The van der Waals surface area contributed by atoms with Gasteiger partial charge in [-0.05, 0) is 38.5 Å². The van der Waals surface area contributed by atoms with Crippen LogP contribution in [-0.4, -0.2) is 30.1 Å². The molecule has 0 spiro atoms. The van der Waals surface area contributed by atoms with E-state index < -0.39 is 6.10 Å². The molecule has 0 saturated heterocycles. The molecule has 4 heteroatoms. The molecule has 1 amide bonds. The number of hydrogen-bond acceptors (Lipinski definition) is 2. The Morgan fingerprint density at radius 1 is 1.39 bits per heavy atom. The Kier molecular flexibility index (Phi) is 5.63. The molecule has 1 aromatic carbocycles. The number of benzene rings is 1. The largest absolute Gasteiger partial charge is 0.372 e. The van der Waals surface area contributed by atoms with E-state index in [1.807, 2.05) is 38.1 Å². The van der Waals surface area contributed by atoms with Gasteiger partial charge in [-0.25, -0.2) is 0 Å². The topological polar surface area (TPSA) is 29.5 Å². The van der Waals surface area contributed by atoms with E-state index in [0.29, 0.717) is 11.6 Å². The number of rotatable bonds is 5. The summed E-state index contributed by atoms with van der Waals surface area (Å²) in [6.07, 6.45) is -0.424. The van der Waals surface area contributed by atoms with E-state index in [9.17, 15) is 4.79 Å². The summed E-state index contributed by atoms with van der Waals surface area (Å²) in [6, 6.07) is 7.67. The van der Waals surface area contributed by atoms with E-state index in [0.717, 1.165) is 5.56 Å². The van der Waals surface area contributed by atoms with Crippen molar-refractivity contribution in [2.45, 2.75) is 39.5 Å². The first-order chi connectivity index (χ1) is 8.45. The fourth-order valence-corrected chi connectivity index (χ4v) is 1.89. The van der Waals surface area contributed by atoms with Crippen LogP contribution in [0.4, 0.5) is 0 Å². The van der Waals surface area contributed by atoms with Crippen molar-refractivity contribution in [3.8, 4) is 0 Å². The molecule has 1 unspecified atom stereocenters. The normalized spacial score (nSPS) is 12.6. The maximum atomic E-state index is 12.2. The number of nitrogens with zero attached hydrogens (tertiary/aromatic N) is 1. The quantitative estimate of drug-likeness (QED) is 0.822. The Labute approximate surface area is 114 Å². The highest BCUT2D eigenvalue weighted by molar-refractivity contribution is 6.30. The number of methoxy groups -OCH3 is 1. The second-order valence-corrected chi connectivity index (χ2v) is 5.00. The van der Waals surface area contributed by atoms with Gasteiger partial charge >= 0.3 is 0 Å². The molecule has 1 atom stereocenters. The Morgan fingerprint density at radius 2 is 2.06 bits per heavy atom. The lowest BCUT2D eigenvalue weighted by Gasteiger charge is -2.29. The summed E-state index contributed by atoms with van der Waals surface area (Å²) in [4.78, 5) is 14.0. The highest BCUT2D eigenvalue weighted by Crippen LogP contribution is 2.15. The summed E-state index contributed by atoms with van der Waals surface area (Å²) in [5.41, 5.74) is 1.02. The van der Waals surface area contributed by atoms with E-state index in [1.165, 1.54) is 0 Å². The molecule has 0 fully saturated rings. The lowest BCUT2D eigenvalue weighted by Crippen LogP contribution is -2.42. The minimum Gasteiger partial charge on any atom is -0.372 e. The Balaban J connectivity index is 2.84. The lowest BCUT2D eigenvalue weighted by atomic mass is 10.1. The number of ether oxygens (including phenoxy) is 1. The molecule has 0 aliphatic heterocycles. The first-order valence-corrected chi connectivity index (χ1v) is 6.41. The van der Waals surface area contributed by atoms with E-state index >= 15 is 0 Å². The summed E-state index contributed by atoms with van der Waals surface area (Å²) >= 11 is 5.95. The summed E-state index contributed by atoms with van der Waals surface area (Å²) in [7, 11) is 1.54. The number of carbonyl (C=O) groups is 1. The molecule has 0 N–H and O–H groups in total. The molecule has 0 heterocycles. The standard InChI is InChI=1S/C14H20ClNO2/c1-10(2)16(14(17)11(3)18-4)9-12-6-5-7-13(15)8-12/h5-8,10-11H,9H2,1-4H3. The fourth-order valence-electron chi connectivity index (χ4n) is 1.68. The van der Waals surface area contributed by atoms with Crippen molar-refractivity contribution in [1.29, 1.82) is 0 Å². The van der Waals surface area contributed by atoms with Crippen LogP contribution in [0.1, 0.15) is 26.3 Å². The molecular formula is C14H20ClNO2. The van der Waals surface area contributed by atoms with E-state index in [-0.39, 0.29) is 11.9 Å². The van der Waals surface area contributed by atoms with Crippen molar-refractivity contribution in [3.05, 3.63) is 34.9 Å². The third-order valence-corrected chi connectivity index (χ3v) is 3.08. The summed E-state index contributed by atoms with van der Waals surface area (Å²) in [5.74, 6) is -0.00697. The average Bonchev–Trinajstić information content (AvgIpc) is 2.34. The first kappa shape index (κ1) is 15.0. The predicted molar refractivity (Wildman–Crippen MR) is 73.6 cm³/mol. The molecular weight excluding hydrogens is 250 g/mol. The van der Waals surface area contributed by atoms with Crippen LogP contribution < -0.4 is 0 Å². The minimum absolute atomic E-state index is 0.00697. The molecule has 0 aromatic heterocycles. The van der Waals surface area contributed by atoms with Crippen LogP contribution >= 0.6 is 11.6 Å². The monoisotopic (exact) mass is 269 g/mol. The fraction of sp³-hybridized carbons (Fsp3) is 0.500. The molecule has 3 nitrogen and oxygen atoms in total. The first-order valence-electron chi connectivity index (χ1n) is 6.03. The highest BCUT2D eigenvalue weighted by Gasteiger charge is 2.22. The van der Waals surface area contributed by atoms with Gasteiger partial charge in [-0.2, -0.15) is 0 Å². The van der Waals surface area contributed by atoms with Crippen LogP contribution in [0.3, 0.4) is 0 Å². The zero-order valence-corrected chi connectivity index (χ0v) is 12.1. The zero-order chi connectivity index (χ0) is 13.7. The Bertz CT molecular complexity index is 407. The van der Waals surface area contributed by atoms with Gasteiger partial charge in [-0.1, -0.05) is 23.7 Å². The predicted octanol–water partition coefficient (Wildman–Crippen LogP) is 3.11. The Morgan fingerprint density at radius 3 is 2.56 bits per heavy atom. The number of amides is 1. The van der Waals surface area contributed by atoms with Crippen molar-refractivity contribution >= 4 is 17.5 Å². The van der Waals surface area contributed by atoms with Crippen LogP contribution in [0.5, 0.6) is 0 Å². The van der Waals surface area contributed by atoms with E-state index in [2.05, 4.69) is 0 Å². The van der Waals surface area contributed by atoms with E-state index in [1.54, 1.807) is 18.9 Å². The number of halogens is 1. The molecule has 1 rings (SSSR count). The van der Waals surface area contributed by atoms with Crippen LogP contribution in [0, 0.1) is 0 Å². The zero-order valence-electron chi connectivity index (χ0n) is 11.3. The summed E-state index contributed by atoms with van der Waals surface area (Å²) in [6.45, 7) is 6.29. The van der Waals surface area contributed by atoms with Gasteiger partial charge in [0.05, 0.1) is 0 Å². The van der Waals surface area contributed by atoms with Crippen molar-refractivity contribution < 1.29 is 9.53 Å². The molecule has 18 heavy (non-hydrogen) atoms. The van der Waals surface area contributed by atoms with Gasteiger partial charge in [0.2, 0.25) is 0 Å². The third kappa shape index (κ3) is 4.00. The molecule has 0 aliphatic carbocycles. The van der Waals surface area contributed by atoms with Crippen LogP contribution in [-0.2, 0) is 16.1 Å². The molecule has 0 saturated carbocycles. The van der Waals surface area contributed by atoms with Gasteiger partial charge in [-0.3, -0.25) is 4.79 Å². The minimum atomic E-state index is -0.424. The maximum absolute atomic E-state index is 12.2. The van der Waals surface area contributed by atoms with Crippen LogP contribution in [0.15, 0.2) is 24.3 Å². The Hall–Kier alpha value is -1.06. The third-order valence-electron chi connectivity index (χ3n) is 2.85. The van der Waals surface area contributed by atoms with Crippen molar-refractivity contribution in [2.75, 3.05) is 7.11 Å². The van der Waals surface area contributed by atoms with Gasteiger partial charge in [0.15, 0.2) is 0 Å². The molecule has 0 radical (unpaired) electrons. The lowest BCUT2D eigenvalue weighted by molar-refractivity contribution is -0.143. The van der Waals surface area contributed by atoms with Gasteiger partial charge < -0.3 is 9.64 Å². The van der Waals surface area contributed by atoms with Gasteiger partial charge in [0, 0.05) is 24.7 Å². The number of carbonyl (C=O) groups excluding carboxylic acids is 1. The number of hydrogen-bond donors (Lipinski definition) is 0. The van der Waals surface area contributed by atoms with Gasteiger partial charge in [0.25, 0.3) is 5.91 Å². The smallest absolute Gasteiger partial charge is 0.251 e. The summed E-state index contributed by atoms with van der Waals surface area (Å²) < 4.78 is 5.09.